The van der Waals surface area contributed by atoms with Crippen LogP contribution in [-0.4, -0.2) is 56.0 Å². The number of amides is 1. The summed E-state index contributed by atoms with van der Waals surface area (Å²) >= 11 is 0. The Morgan fingerprint density at radius 1 is 1.67 bits per heavy atom. The van der Waals surface area contributed by atoms with E-state index in [1.54, 1.807) is 0 Å². The number of ketones is 1. The number of methoxy groups -OCH3 is 1. The molecule has 1 aliphatic heterocycles. The maximum absolute atomic E-state index is 11.5. The number of hydrogen-bond donors (Lipinski definition) is 1. The summed E-state index contributed by atoms with van der Waals surface area (Å²) in [5.74, 6) is 0.0413. The van der Waals surface area contributed by atoms with E-state index in [1.165, 1.54) is 7.11 Å². The predicted octanol–water partition coefficient (Wildman–Crippen LogP) is -0.588. The highest BCUT2D eigenvalue weighted by Gasteiger charge is 2.28. The van der Waals surface area contributed by atoms with Gasteiger partial charge in [0, 0.05) is 20.2 Å². The largest absolute Gasteiger partial charge is 0.377 e. The second-order valence-electron chi connectivity index (χ2n) is 3.66. The monoisotopic (exact) mass is 214 g/mol. The highest BCUT2D eigenvalue weighted by Crippen LogP contribution is 2.07. The fraction of sp³-hybridized carbons (Fsp3) is 0.800. The Hall–Kier alpha value is -0.940. The Kier molecular flexibility index (Phi) is 4.71. The minimum Gasteiger partial charge on any atom is -0.377 e. The summed E-state index contributed by atoms with van der Waals surface area (Å²) in [7, 11) is 1.50. The molecule has 0 aromatic carbocycles. The van der Waals surface area contributed by atoms with Crippen LogP contribution in [0.2, 0.25) is 0 Å². The Bertz CT molecular complexity index is 243. The van der Waals surface area contributed by atoms with E-state index in [1.807, 2.05) is 11.8 Å². The lowest BCUT2D eigenvalue weighted by molar-refractivity contribution is -0.132. The summed E-state index contributed by atoms with van der Waals surface area (Å²) in [5, 5.41) is 2.80. The summed E-state index contributed by atoms with van der Waals surface area (Å²) < 4.78 is 4.76. The zero-order valence-corrected chi connectivity index (χ0v) is 9.28. The van der Waals surface area contributed by atoms with Crippen molar-refractivity contribution in [2.24, 2.45) is 0 Å². The lowest BCUT2D eigenvalue weighted by atomic mass is 10.1. The molecule has 1 unspecified atom stereocenters. The van der Waals surface area contributed by atoms with E-state index in [0.29, 0.717) is 13.1 Å². The van der Waals surface area contributed by atoms with E-state index >= 15 is 0 Å². The first-order valence-corrected chi connectivity index (χ1v) is 5.21. The van der Waals surface area contributed by atoms with Gasteiger partial charge in [-0.3, -0.25) is 14.5 Å². The van der Waals surface area contributed by atoms with Crippen molar-refractivity contribution in [3.05, 3.63) is 0 Å². The standard InChI is InChI=1S/C10H18N2O3/c1-3-9-10(14)11-4-5-12(9)6-8(13)7-15-2/h9H,3-7H2,1-2H3,(H,11,14). The van der Waals surface area contributed by atoms with Gasteiger partial charge in [-0.05, 0) is 6.42 Å². The average molecular weight is 214 g/mol. The Labute approximate surface area is 89.8 Å². The maximum Gasteiger partial charge on any atom is 0.237 e. The van der Waals surface area contributed by atoms with Crippen LogP contribution in [0.25, 0.3) is 0 Å². The van der Waals surface area contributed by atoms with Crippen LogP contribution in [0.1, 0.15) is 13.3 Å². The zero-order chi connectivity index (χ0) is 11.3. The lowest BCUT2D eigenvalue weighted by Crippen LogP contribution is -2.56. The van der Waals surface area contributed by atoms with Crippen molar-refractivity contribution in [3.63, 3.8) is 0 Å². The van der Waals surface area contributed by atoms with Gasteiger partial charge in [0.2, 0.25) is 5.91 Å². The van der Waals surface area contributed by atoms with Gasteiger partial charge in [0.05, 0.1) is 12.6 Å². The molecule has 86 valence electrons. The van der Waals surface area contributed by atoms with E-state index < -0.39 is 0 Å². The Balaban J connectivity index is 2.51. The van der Waals surface area contributed by atoms with Crippen LogP contribution in [-0.2, 0) is 14.3 Å². The molecule has 0 saturated carbocycles. The molecule has 0 bridgehead atoms. The van der Waals surface area contributed by atoms with E-state index in [9.17, 15) is 9.59 Å². The molecule has 1 aliphatic rings. The molecule has 0 radical (unpaired) electrons. The van der Waals surface area contributed by atoms with Crippen molar-refractivity contribution in [1.82, 2.24) is 10.2 Å². The second kappa shape index (κ2) is 5.82. The summed E-state index contributed by atoms with van der Waals surface area (Å²) in [4.78, 5) is 24.8. The van der Waals surface area contributed by atoms with Crippen molar-refractivity contribution < 1.29 is 14.3 Å². The molecular formula is C10H18N2O3. The van der Waals surface area contributed by atoms with Gasteiger partial charge in [-0.1, -0.05) is 6.92 Å². The van der Waals surface area contributed by atoms with Crippen molar-refractivity contribution in [2.75, 3.05) is 33.4 Å². The molecule has 0 spiro atoms. The van der Waals surface area contributed by atoms with E-state index in [4.69, 9.17) is 4.74 Å². The molecular weight excluding hydrogens is 196 g/mol. The normalized spacial score (nSPS) is 22.5. The number of nitrogens with one attached hydrogen (secondary N) is 1. The molecule has 1 heterocycles. The Morgan fingerprint density at radius 3 is 3.00 bits per heavy atom. The molecule has 1 amide bonds. The van der Waals surface area contributed by atoms with Crippen LogP contribution in [0.15, 0.2) is 0 Å². The fourth-order valence-electron chi connectivity index (χ4n) is 1.83. The van der Waals surface area contributed by atoms with Crippen LogP contribution in [0.4, 0.5) is 0 Å². The molecule has 1 atom stereocenters. The number of nitrogens with zero attached hydrogens (tertiary/aromatic N) is 1. The number of ether oxygens (including phenoxy) is 1. The van der Waals surface area contributed by atoms with Crippen LogP contribution in [0, 0.1) is 0 Å². The van der Waals surface area contributed by atoms with Gasteiger partial charge < -0.3 is 10.1 Å². The van der Waals surface area contributed by atoms with Crippen molar-refractivity contribution >= 4 is 11.7 Å². The van der Waals surface area contributed by atoms with Crippen LogP contribution >= 0.6 is 0 Å². The molecule has 1 saturated heterocycles. The molecule has 0 aromatic rings. The van der Waals surface area contributed by atoms with Gasteiger partial charge in [0.1, 0.15) is 6.61 Å². The Morgan fingerprint density at radius 2 is 2.40 bits per heavy atom. The molecule has 15 heavy (non-hydrogen) atoms. The summed E-state index contributed by atoms with van der Waals surface area (Å²) in [6, 6.07) is -0.167. The number of rotatable bonds is 5. The maximum atomic E-state index is 11.5. The van der Waals surface area contributed by atoms with Gasteiger partial charge >= 0.3 is 0 Å². The van der Waals surface area contributed by atoms with Gasteiger partial charge in [0.15, 0.2) is 5.78 Å². The lowest BCUT2D eigenvalue weighted by Gasteiger charge is -2.33. The summed E-state index contributed by atoms with van der Waals surface area (Å²) in [6.07, 6.45) is 0.728. The number of carbonyl (C=O) groups is 2. The van der Waals surface area contributed by atoms with Gasteiger partial charge in [0.25, 0.3) is 0 Å². The van der Waals surface area contributed by atoms with Gasteiger partial charge in [-0.15, -0.1) is 0 Å². The fourth-order valence-corrected chi connectivity index (χ4v) is 1.83. The highest BCUT2D eigenvalue weighted by molar-refractivity contribution is 5.85. The van der Waals surface area contributed by atoms with Crippen LogP contribution in [0.3, 0.4) is 0 Å². The number of Topliss-reactive ketones (excluding diaryl/α,β-unsaturated/α-hetero) is 1. The average Bonchev–Trinajstić information content (AvgIpc) is 2.18. The smallest absolute Gasteiger partial charge is 0.237 e. The third-order valence-corrected chi connectivity index (χ3v) is 2.51. The molecule has 0 aliphatic carbocycles. The number of piperazine rings is 1. The molecule has 5 nitrogen and oxygen atoms in total. The third kappa shape index (κ3) is 3.28. The molecule has 1 N–H and O–H groups in total. The van der Waals surface area contributed by atoms with E-state index in [-0.39, 0.29) is 24.3 Å². The molecule has 1 fully saturated rings. The van der Waals surface area contributed by atoms with Gasteiger partial charge in [-0.25, -0.2) is 0 Å². The first-order valence-electron chi connectivity index (χ1n) is 5.21. The first kappa shape index (κ1) is 12.1. The second-order valence-corrected chi connectivity index (χ2v) is 3.66. The minimum atomic E-state index is -0.167. The predicted molar refractivity (Wildman–Crippen MR) is 55.5 cm³/mol. The quantitative estimate of drug-likeness (QED) is 0.664. The van der Waals surface area contributed by atoms with Crippen LogP contribution in [0.5, 0.6) is 0 Å². The first-order chi connectivity index (χ1) is 7.19. The number of carbonyl (C=O) groups excluding carboxylic acids is 2. The summed E-state index contributed by atoms with van der Waals surface area (Å²) in [6.45, 7) is 3.73. The molecule has 0 aromatic heterocycles. The van der Waals surface area contributed by atoms with E-state index in [0.717, 1.165) is 13.0 Å². The number of hydrogen-bond acceptors (Lipinski definition) is 4. The van der Waals surface area contributed by atoms with Crippen molar-refractivity contribution in [3.8, 4) is 0 Å². The van der Waals surface area contributed by atoms with Gasteiger partial charge in [-0.2, -0.15) is 0 Å². The van der Waals surface area contributed by atoms with E-state index in [2.05, 4.69) is 5.32 Å². The minimum absolute atomic E-state index is 0.0191. The molecule has 1 rings (SSSR count). The SMILES string of the molecule is CCC1C(=O)NCCN1CC(=O)COC. The zero-order valence-electron chi connectivity index (χ0n) is 9.28. The highest BCUT2D eigenvalue weighted by atomic mass is 16.5. The van der Waals surface area contributed by atoms with Crippen LogP contribution < -0.4 is 5.32 Å². The third-order valence-electron chi connectivity index (χ3n) is 2.51. The van der Waals surface area contributed by atoms with Crippen molar-refractivity contribution in [1.29, 1.82) is 0 Å². The summed E-state index contributed by atoms with van der Waals surface area (Å²) in [5.41, 5.74) is 0. The topological polar surface area (TPSA) is 58.6 Å². The molecule has 5 heteroatoms. The van der Waals surface area contributed by atoms with Crippen molar-refractivity contribution in [2.45, 2.75) is 19.4 Å².